The third-order valence-corrected chi connectivity index (χ3v) is 2.46. The standard InChI is InChI=1S/C11H12ClN3O/c1-7-3-4-9(12)10(5-7)13-6-11-14-8(2)16-15-11/h3-5,13H,6H2,1-2H3. The van der Waals surface area contributed by atoms with Gasteiger partial charge in [-0.1, -0.05) is 22.8 Å². The quantitative estimate of drug-likeness (QED) is 0.892. The number of nitrogens with zero attached hydrogens (tertiary/aromatic N) is 2. The number of nitrogens with one attached hydrogen (secondary N) is 1. The number of rotatable bonds is 3. The number of halogens is 1. The maximum absolute atomic E-state index is 6.04. The van der Waals surface area contributed by atoms with Crippen molar-refractivity contribution >= 4 is 17.3 Å². The van der Waals surface area contributed by atoms with Crippen LogP contribution in [0, 0.1) is 13.8 Å². The van der Waals surface area contributed by atoms with Crippen molar-refractivity contribution in [1.29, 1.82) is 0 Å². The third-order valence-electron chi connectivity index (χ3n) is 2.13. The second-order valence-corrected chi connectivity index (χ2v) is 3.97. The molecule has 2 aromatic rings. The molecule has 0 amide bonds. The molecule has 0 spiro atoms. The lowest BCUT2D eigenvalue weighted by Crippen LogP contribution is -2.02. The van der Waals surface area contributed by atoms with E-state index in [9.17, 15) is 0 Å². The zero-order valence-corrected chi connectivity index (χ0v) is 9.88. The Balaban J connectivity index is 2.07. The van der Waals surface area contributed by atoms with Crippen molar-refractivity contribution in [3.8, 4) is 0 Å². The molecule has 1 heterocycles. The summed E-state index contributed by atoms with van der Waals surface area (Å²) in [6, 6.07) is 5.81. The van der Waals surface area contributed by atoms with Gasteiger partial charge in [0, 0.05) is 6.92 Å². The van der Waals surface area contributed by atoms with Crippen LogP contribution in [-0.2, 0) is 6.54 Å². The molecule has 1 aromatic carbocycles. The Morgan fingerprint density at radius 2 is 2.19 bits per heavy atom. The normalized spacial score (nSPS) is 10.4. The molecule has 1 aromatic heterocycles. The Kier molecular flexibility index (Phi) is 3.10. The third kappa shape index (κ3) is 2.52. The number of aryl methyl sites for hydroxylation is 2. The number of benzene rings is 1. The fraction of sp³-hybridized carbons (Fsp3) is 0.273. The summed E-state index contributed by atoms with van der Waals surface area (Å²) in [6.45, 7) is 4.27. The van der Waals surface area contributed by atoms with Gasteiger partial charge in [-0.3, -0.25) is 0 Å². The van der Waals surface area contributed by atoms with Crippen LogP contribution in [0.15, 0.2) is 22.7 Å². The fourth-order valence-electron chi connectivity index (χ4n) is 1.36. The molecule has 4 nitrogen and oxygen atoms in total. The number of hydrogen-bond acceptors (Lipinski definition) is 4. The van der Waals surface area contributed by atoms with Crippen molar-refractivity contribution in [3.05, 3.63) is 40.5 Å². The van der Waals surface area contributed by atoms with Gasteiger partial charge < -0.3 is 9.84 Å². The molecule has 0 aliphatic rings. The van der Waals surface area contributed by atoms with Crippen LogP contribution in [0.2, 0.25) is 5.02 Å². The molecule has 0 aliphatic carbocycles. The molecule has 0 saturated carbocycles. The van der Waals surface area contributed by atoms with E-state index in [1.54, 1.807) is 6.92 Å². The van der Waals surface area contributed by atoms with Gasteiger partial charge in [-0.15, -0.1) is 0 Å². The average molecular weight is 238 g/mol. The van der Waals surface area contributed by atoms with Gasteiger partial charge in [-0.2, -0.15) is 4.98 Å². The molecule has 0 unspecified atom stereocenters. The molecular formula is C11H12ClN3O. The molecule has 16 heavy (non-hydrogen) atoms. The number of anilines is 1. The Labute approximate surface area is 98.6 Å². The van der Waals surface area contributed by atoms with Gasteiger partial charge in [-0.25, -0.2) is 0 Å². The van der Waals surface area contributed by atoms with E-state index in [0.717, 1.165) is 11.3 Å². The maximum atomic E-state index is 6.04. The predicted molar refractivity (Wildman–Crippen MR) is 62.6 cm³/mol. The van der Waals surface area contributed by atoms with Crippen LogP contribution in [0.3, 0.4) is 0 Å². The second-order valence-electron chi connectivity index (χ2n) is 3.57. The highest BCUT2D eigenvalue weighted by Crippen LogP contribution is 2.22. The van der Waals surface area contributed by atoms with E-state index in [1.165, 1.54) is 0 Å². The van der Waals surface area contributed by atoms with Crippen LogP contribution in [-0.4, -0.2) is 10.1 Å². The van der Waals surface area contributed by atoms with E-state index in [4.69, 9.17) is 16.1 Å². The second kappa shape index (κ2) is 4.53. The summed E-state index contributed by atoms with van der Waals surface area (Å²) in [6.07, 6.45) is 0. The highest BCUT2D eigenvalue weighted by atomic mass is 35.5. The van der Waals surface area contributed by atoms with Gasteiger partial charge in [-0.05, 0) is 24.6 Å². The van der Waals surface area contributed by atoms with Gasteiger partial charge in [0.25, 0.3) is 0 Å². The molecule has 5 heteroatoms. The lowest BCUT2D eigenvalue weighted by Gasteiger charge is -2.06. The van der Waals surface area contributed by atoms with E-state index in [0.29, 0.717) is 23.3 Å². The Hall–Kier alpha value is -1.55. The van der Waals surface area contributed by atoms with Crippen molar-refractivity contribution in [1.82, 2.24) is 10.1 Å². The van der Waals surface area contributed by atoms with Crippen LogP contribution in [0.5, 0.6) is 0 Å². The lowest BCUT2D eigenvalue weighted by molar-refractivity contribution is 0.388. The van der Waals surface area contributed by atoms with Crippen LogP contribution in [0.25, 0.3) is 0 Å². The molecule has 1 N–H and O–H groups in total. The van der Waals surface area contributed by atoms with E-state index < -0.39 is 0 Å². The molecule has 0 atom stereocenters. The SMILES string of the molecule is Cc1ccc(Cl)c(NCc2noc(C)n2)c1. The summed E-state index contributed by atoms with van der Waals surface area (Å²) in [7, 11) is 0. The topological polar surface area (TPSA) is 51.0 Å². The first kappa shape index (κ1) is 11.0. The van der Waals surface area contributed by atoms with Gasteiger partial charge in [0.1, 0.15) is 0 Å². The first-order chi connectivity index (χ1) is 7.65. The summed E-state index contributed by atoms with van der Waals surface area (Å²) in [5, 5.41) is 7.64. The lowest BCUT2D eigenvalue weighted by atomic mass is 10.2. The van der Waals surface area contributed by atoms with Crippen LogP contribution in [0.4, 0.5) is 5.69 Å². The minimum absolute atomic E-state index is 0.501. The highest BCUT2D eigenvalue weighted by Gasteiger charge is 2.04. The number of hydrogen-bond donors (Lipinski definition) is 1. The van der Waals surface area contributed by atoms with E-state index >= 15 is 0 Å². The Bertz CT molecular complexity index is 496. The van der Waals surface area contributed by atoms with Crippen molar-refractivity contribution in [2.24, 2.45) is 0 Å². The summed E-state index contributed by atoms with van der Waals surface area (Å²) in [5.41, 5.74) is 2.03. The van der Waals surface area contributed by atoms with Gasteiger partial charge in [0.2, 0.25) is 5.89 Å². The predicted octanol–water partition coefficient (Wildman–Crippen LogP) is 2.95. The largest absolute Gasteiger partial charge is 0.376 e. The van der Waals surface area contributed by atoms with Crippen molar-refractivity contribution < 1.29 is 4.52 Å². The van der Waals surface area contributed by atoms with Gasteiger partial charge in [0.15, 0.2) is 5.82 Å². The Morgan fingerprint density at radius 1 is 1.38 bits per heavy atom. The van der Waals surface area contributed by atoms with Gasteiger partial charge in [0.05, 0.1) is 17.3 Å². The Morgan fingerprint density at radius 3 is 2.88 bits per heavy atom. The first-order valence-electron chi connectivity index (χ1n) is 4.94. The minimum Gasteiger partial charge on any atom is -0.376 e. The zero-order valence-electron chi connectivity index (χ0n) is 9.12. The molecule has 0 aliphatic heterocycles. The van der Waals surface area contributed by atoms with E-state index in [2.05, 4.69) is 15.5 Å². The summed E-state index contributed by atoms with van der Waals surface area (Å²) in [4.78, 5) is 4.09. The average Bonchev–Trinajstić information content (AvgIpc) is 2.66. The summed E-state index contributed by atoms with van der Waals surface area (Å²) < 4.78 is 4.87. The van der Waals surface area contributed by atoms with Crippen molar-refractivity contribution in [2.45, 2.75) is 20.4 Å². The monoisotopic (exact) mass is 237 g/mol. The number of aromatic nitrogens is 2. The van der Waals surface area contributed by atoms with Crippen LogP contribution >= 0.6 is 11.6 Å². The van der Waals surface area contributed by atoms with E-state index in [-0.39, 0.29) is 0 Å². The molecule has 0 bridgehead atoms. The summed E-state index contributed by atoms with van der Waals surface area (Å²) in [5.74, 6) is 1.18. The molecule has 2 rings (SSSR count). The molecule has 84 valence electrons. The first-order valence-corrected chi connectivity index (χ1v) is 5.32. The molecule has 0 fully saturated rings. The van der Waals surface area contributed by atoms with Crippen molar-refractivity contribution in [3.63, 3.8) is 0 Å². The fourth-order valence-corrected chi connectivity index (χ4v) is 1.55. The molecule has 0 radical (unpaired) electrons. The van der Waals surface area contributed by atoms with Crippen LogP contribution in [0.1, 0.15) is 17.3 Å². The maximum Gasteiger partial charge on any atom is 0.223 e. The molecule has 0 saturated heterocycles. The zero-order chi connectivity index (χ0) is 11.5. The minimum atomic E-state index is 0.501. The smallest absolute Gasteiger partial charge is 0.223 e. The van der Waals surface area contributed by atoms with E-state index in [1.807, 2.05) is 25.1 Å². The van der Waals surface area contributed by atoms with Crippen molar-refractivity contribution in [2.75, 3.05) is 5.32 Å². The summed E-state index contributed by atoms with van der Waals surface area (Å²) >= 11 is 6.04. The van der Waals surface area contributed by atoms with Crippen LogP contribution < -0.4 is 5.32 Å². The molecular weight excluding hydrogens is 226 g/mol. The van der Waals surface area contributed by atoms with Gasteiger partial charge >= 0.3 is 0 Å². The highest BCUT2D eigenvalue weighted by molar-refractivity contribution is 6.33.